The first kappa shape index (κ1) is 10.5. The molecule has 0 aromatic heterocycles. The van der Waals surface area contributed by atoms with Crippen LogP contribution in [0.25, 0.3) is 10.4 Å². The Morgan fingerprint density at radius 3 is 2.81 bits per heavy atom. The van der Waals surface area contributed by atoms with Crippen molar-refractivity contribution in [3.63, 3.8) is 0 Å². The first-order valence-corrected chi connectivity index (χ1v) is 4.96. The summed E-state index contributed by atoms with van der Waals surface area (Å²) in [6, 6.07) is 5.70. The zero-order chi connectivity index (χ0) is 11.9. The highest BCUT2D eigenvalue weighted by Gasteiger charge is 2.45. The summed E-state index contributed by atoms with van der Waals surface area (Å²) in [5.41, 5.74) is 10.1. The molecule has 1 aromatic rings. The highest BCUT2D eigenvalue weighted by atomic mass is 16.2. The second-order valence-electron chi connectivity index (χ2n) is 4.15. The number of rotatable bonds is 1. The van der Waals surface area contributed by atoms with Gasteiger partial charge in [-0.2, -0.15) is 0 Å². The summed E-state index contributed by atoms with van der Waals surface area (Å²) < 4.78 is 0. The van der Waals surface area contributed by atoms with Crippen LogP contribution in [0.3, 0.4) is 0 Å². The van der Waals surface area contributed by atoms with Gasteiger partial charge in [0.15, 0.2) is 5.54 Å². The van der Waals surface area contributed by atoms with Crippen molar-refractivity contribution in [2.75, 3.05) is 11.9 Å². The number of carbonyl (C=O) groups is 1. The van der Waals surface area contributed by atoms with Crippen molar-refractivity contribution in [3.05, 3.63) is 39.8 Å². The molecule has 1 amide bonds. The van der Waals surface area contributed by atoms with Gasteiger partial charge in [0, 0.05) is 17.6 Å². The van der Waals surface area contributed by atoms with Crippen LogP contribution in [-0.2, 0) is 10.3 Å². The zero-order valence-corrected chi connectivity index (χ0v) is 9.43. The SMILES string of the molecule is Cc1ccc2c(c1)C(C)(N=[N+]=[N-])C(=O)N2C. The first-order chi connectivity index (χ1) is 7.50. The predicted molar refractivity (Wildman–Crippen MR) is 61.1 cm³/mol. The third-order valence-corrected chi connectivity index (χ3v) is 3.00. The Labute approximate surface area is 93.3 Å². The fourth-order valence-electron chi connectivity index (χ4n) is 2.07. The highest BCUT2D eigenvalue weighted by Crippen LogP contribution is 2.42. The monoisotopic (exact) mass is 216 g/mol. The van der Waals surface area contributed by atoms with E-state index in [2.05, 4.69) is 10.0 Å². The van der Waals surface area contributed by atoms with Gasteiger partial charge in [0.25, 0.3) is 0 Å². The minimum absolute atomic E-state index is 0.189. The smallest absolute Gasteiger partial charge is 0.243 e. The molecule has 5 heteroatoms. The van der Waals surface area contributed by atoms with E-state index in [1.165, 1.54) is 4.90 Å². The van der Waals surface area contributed by atoms with Crippen molar-refractivity contribution >= 4 is 11.6 Å². The maximum absolute atomic E-state index is 12.0. The fraction of sp³-hybridized carbons (Fsp3) is 0.364. The standard InChI is InChI=1S/C11H12N4O/c1-7-4-5-9-8(6-7)11(2,13-14-12)10(16)15(9)3/h4-6H,1-3H3. The van der Waals surface area contributed by atoms with E-state index in [0.717, 1.165) is 16.8 Å². The van der Waals surface area contributed by atoms with Crippen molar-refractivity contribution in [1.82, 2.24) is 0 Å². The fourth-order valence-corrected chi connectivity index (χ4v) is 2.07. The van der Waals surface area contributed by atoms with Crippen molar-refractivity contribution in [3.8, 4) is 0 Å². The summed E-state index contributed by atoms with van der Waals surface area (Å²) in [6.45, 7) is 3.59. The summed E-state index contributed by atoms with van der Waals surface area (Å²) in [4.78, 5) is 16.4. The van der Waals surface area contributed by atoms with E-state index in [1.54, 1.807) is 14.0 Å². The maximum Gasteiger partial charge on any atom is 0.243 e. The Bertz CT molecular complexity index is 519. The molecule has 1 unspecified atom stereocenters. The molecule has 1 aromatic carbocycles. The molecular formula is C11H12N4O. The third-order valence-electron chi connectivity index (χ3n) is 3.00. The number of azide groups is 1. The lowest BCUT2D eigenvalue weighted by Gasteiger charge is -2.16. The Balaban J connectivity index is 2.73. The molecule has 0 spiro atoms. The van der Waals surface area contributed by atoms with E-state index >= 15 is 0 Å². The molecule has 0 aliphatic carbocycles. The summed E-state index contributed by atoms with van der Waals surface area (Å²) in [7, 11) is 1.69. The number of carbonyl (C=O) groups excluding carboxylic acids is 1. The quantitative estimate of drug-likeness (QED) is 0.404. The van der Waals surface area contributed by atoms with Crippen LogP contribution in [0.1, 0.15) is 18.1 Å². The lowest BCUT2D eigenvalue weighted by molar-refractivity contribution is -0.122. The van der Waals surface area contributed by atoms with Gasteiger partial charge in [-0.05, 0) is 31.0 Å². The van der Waals surface area contributed by atoms with Crippen LogP contribution in [0.5, 0.6) is 0 Å². The van der Waals surface area contributed by atoms with Crippen LogP contribution >= 0.6 is 0 Å². The lowest BCUT2D eigenvalue weighted by Crippen LogP contribution is -2.34. The topological polar surface area (TPSA) is 69.1 Å². The average Bonchev–Trinajstić information content (AvgIpc) is 2.42. The first-order valence-electron chi connectivity index (χ1n) is 4.96. The van der Waals surface area contributed by atoms with Crippen LogP contribution in [0.2, 0.25) is 0 Å². The number of aryl methyl sites for hydroxylation is 1. The molecule has 5 nitrogen and oxygen atoms in total. The largest absolute Gasteiger partial charge is 0.314 e. The lowest BCUT2D eigenvalue weighted by atomic mass is 9.93. The Morgan fingerprint density at radius 2 is 2.19 bits per heavy atom. The number of likely N-dealkylation sites (N-methyl/N-ethyl adjacent to an activating group) is 1. The van der Waals surface area contributed by atoms with E-state index in [1.807, 2.05) is 25.1 Å². The van der Waals surface area contributed by atoms with Gasteiger partial charge in [-0.3, -0.25) is 4.79 Å². The van der Waals surface area contributed by atoms with Crippen molar-refractivity contribution < 1.29 is 4.79 Å². The molecule has 1 atom stereocenters. The molecular weight excluding hydrogens is 204 g/mol. The van der Waals surface area contributed by atoms with E-state index < -0.39 is 5.54 Å². The molecule has 0 fully saturated rings. The van der Waals surface area contributed by atoms with E-state index in [0.29, 0.717) is 0 Å². The van der Waals surface area contributed by atoms with Crippen molar-refractivity contribution in [2.45, 2.75) is 19.4 Å². The Morgan fingerprint density at radius 1 is 1.50 bits per heavy atom. The number of hydrogen-bond donors (Lipinski definition) is 0. The number of benzene rings is 1. The number of nitrogens with zero attached hydrogens (tertiary/aromatic N) is 4. The van der Waals surface area contributed by atoms with Gasteiger partial charge in [-0.15, -0.1) is 0 Å². The minimum atomic E-state index is -1.11. The molecule has 0 bridgehead atoms. The van der Waals surface area contributed by atoms with Crippen molar-refractivity contribution in [1.29, 1.82) is 0 Å². The Kier molecular flexibility index (Phi) is 2.14. The summed E-state index contributed by atoms with van der Waals surface area (Å²) >= 11 is 0. The molecule has 0 N–H and O–H groups in total. The van der Waals surface area contributed by atoms with Crippen molar-refractivity contribution in [2.24, 2.45) is 5.11 Å². The molecule has 1 aliphatic heterocycles. The molecule has 0 saturated heterocycles. The van der Waals surface area contributed by atoms with Gasteiger partial charge in [-0.25, -0.2) is 0 Å². The second-order valence-corrected chi connectivity index (χ2v) is 4.15. The number of fused-ring (bicyclic) bond motifs is 1. The summed E-state index contributed by atoms with van der Waals surface area (Å²) in [5, 5.41) is 3.66. The predicted octanol–water partition coefficient (Wildman–Crippen LogP) is 2.50. The van der Waals surface area contributed by atoms with Crippen LogP contribution in [-0.4, -0.2) is 13.0 Å². The number of hydrogen-bond acceptors (Lipinski definition) is 2. The van der Waals surface area contributed by atoms with Crippen LogP contribution in [0.4, 0.5) is 5.69 Å². The minimum Gasteiger partial charge on any atom is -0.314 e. The van der Waals surface area contributed by atoms with Crippen LogP contribution in [0.15, 0.2) is 23.3 Å². The molecule has 1 aliphatic rings. The van der Waals surface area contributed by atoms with Gasteiger partial charge in [-0.1, -0.05) is 22.8 Å². The van der Waals surface area contributed by atoms with Gasteiger partial charge >= 0.3 is 0 Å². The Hall–Kier alpha value is -2.00. The van der Waals surface area contributed by atoms with Crippen LogP contribution in [0, 0.1) is 6.92 Å². The van der Waals surface area contributed by atoms with E-state index in [4.69, 9.17) is 5.53 Å². The normalized spacial score (nSPS) is 22.9. The second kappa shape index (κ2) is 3.25. The van der Waals surface area contributed by atoms with Gasteiger partial charge < -0.3 is 4.90 Å². The molecule has 1 heterocycles. The van der Waals surface area contributed by atoms with Crippen LogP contribution < -0.4 is 4.90 Å². The molecule has 16 heavy (non-hydrogen) atoms. The molecule has 2 rings (SSSR count). The molecule has 0 saturated carbocycles. The van der Waals surface area contributed by atoms with E-state index in [-0.39, 0.29) is 5.91 Å². The van der Waals surface area contributed by atoms with Gasteiger partial charge in [0.05, 0.1) is 0 Å². The third kappa shape index (κ3) is 1.19. The van der Waals surface area contributed by atoms with Gasteiger partial charge in [0.1, 0.15) is 0 Å². The zero-order valence-electron chi connectivity index (χ0n) is 9.43. The summed E-state index contributed by atoms with van der Waals surface area (Å²) in [6.07, 6.45) is 0. The molecule has 82 valence electrons. The average molecular weight is 216 g/mol. The number of anilines is 1. The molecule has 0 radical (unpaired) electrons. The summed E-state index contributed by atoms with van der Waals surface area (Å²) in [5.74, 6) is -0.189. The van der Waals surface area contributed by atoms with Gasteiger partial charge in [0.2, 0.25) is 5.91 Å². The number of amides is 1. The van der Waals surface area contributed by atoms with E-state index in [9.17, 15) is 4.79 Å². The maximum atomic E-state index is 12.0. The highest BCUT2D eigenvalue weighted by molar-refractivity contribution is 6.07.